The summed E-state index contributed by atoms with van der Waals surface area (Å²) in [5.74, 6) is 0.643. The zero-order valence-electron chi connectivity index (χ0n) is 12.9. The van der Waals surface area contributed by atoms with Crippen LogP contribution in [0.1, 0.15) is 41.6 Å². The normalized spacial score (nSPS) is 14.7. The number of ether oxygens (including phenoxy) is 1. The molecule has 23 heavy (non-hydrogen) atoms. The van der Waals surface area contributed by atoms with Crippen LogP contribution in [-0.4, -0.2) is 11.9 Å². The highest BCUT2D eigenvalue weighted by Gasteiger charge is 2.18. The molecule has 0 spiro atoms. The van der Waals surface area contributed by atoms with Gasteiger partial charge in [0.1, 0.15) is 12.4 Å². The van der Waals surface area contributed by atoms with Crippen LogP contribution in [0.3, 0.4) is 0 Å². The Bertz CT molecular complexity index is 681. The Hall–Kier alpha value is -2.00. The molecule has 0 radical (unpaired) electrons. The van der Waals surface area contributed by atoms with Gasteiger partial charge < -0.3 is 10.1 Å². The van der Waals surface area contributed by atoms with Crippen LogP contribution in [0.25, 0.3) is 0 Å². The number of carbonyl (C=O) groups is 1. The van der Waals surface area contributed by atoms with Gasteiger partial charge in [-0.3, -0.25) is 4.79 Å². The first-order chi connectivity index (χ1) is 11.2. The maximum Gasteiger partial charge on any atom is 0.251 e. The van der Waals surface area contributed by atoms with Gasteiger partial charge in [-0.15, -0.1) is 0 Å². The van der Waals surface area contributed by atoms with Gasteiger partial charge in [-0.05, 0) is 37.1 Å². The number of hydrogen-bond donors (Lipinski definition) is 1. The summed E-state index contributed by atoms with van der Waals surface area (Å²) in [7, 11) is 0. The molecule has 3 nitrogen and oxygen atoms in total. The third kappa shape index (κ3) is 4.26. The van der Waals surface area contributed by atoms with Gasteiger partial charge in [0.2, 0.25) is 0 Å². The van der Waals surface area contributed by atoms with Gasteiger partial charge in [-0.25, -0.2) is 0 Å². The molecular weight excluding hydrogens is 310 g/mol. The predicted octanol–water partition coefficient (Wildman–Crippen LogP) is 4.59. The average Bonchev–Trinajstić information content (AvgIpc) is 3.07. The molecule has 120 valence electrons. The van der Waals surface area contributed by atoms with Gasteiger partial charge in [-0.1, -0.05) is 48.7 Å². The molecule has 1 fully saturated rings. The number of hydrogen-bond acceptors (Lipinski definition) is 2. The standard InChI is InChI=1S/C19H20ClNO2/c20-18-11-4-1-6-15(18)13-23-17-10-5-7-14(12-17)19(22)21-16-8-2-3-9-16/h1,4-7,10-12,16H,2-3,8-9,13H2,(H,21,22). The number of carbonyl (C=O) groups excluding carboxylic acids is 1. The van der Waals surface area contributed by atoms with Gasteiger partial charge in [0, 0.05) is 22.2 Å². The zero-order chi connectivity index (χ0) is 16.1. The summed E-state index contributed by atoms with van der Waals surface area (Å²) in [6.45, 7) is 0.382. The quantitative estimate of drug-likeness (QED) is 0.871. The largest absolute Gasteiger partial charge is 0.489 e. The van der Waals surface area contributed by atoms with Crippen LogP contribution in [-0.2, 0) is 6.61 Å². The Morgan fingerprint density at radius 1 is 1.13 bits per heavy atom. The fourth-order valence-electron chi connectivity index (χ4n) is 2.84. The molecule has 3 rings (SSSR count). The van der Waals surface area contributed by atoms with Gasteiger partial charge in [-0.2, -0.15) is 0 Å². The SMILES string of the molecule is O=C(NC1CCCC1)c1cccc(OCc2ccccc2Cl)c1. The molecule has 0 unspecified atom stereocenters. The first-order valence-electron chi connectivity index (χ1n) is 7.99. The van der Waals surface area contributed by atoms with Crippen molar-refractivity contribution < 1.29 is 9.53 Å². The van der Waals surface area contributed by atoms with Crippen LogP contribution in [0, 0.1) is 0 Å². The van der Waals surface area contributed by atoms with E-state index in [-0.39, 0.29) is 5.91 Å². The molecule has 1 aliphatic carbocycles. The van der Waals surface area contributed by atoms with Crippen molar-refractivity contribution in [1.29, 1.82) is 0 Å². The highest BCUT2D eigenvalue weighted by molar-refractivity contribution is 6.31. The van der Waals surface area contributed by atoms with E-state index in [4.69, 9.17) is 16.3 Å². The first kappa shape index (κ1) is 15.9. The predicted molar refractivity (Wildman–Crippen MR) is 91.9 cm³/mol. The lowest BCUT2D eigenvalue weighted by molar-refractivity contribution is 0.0937. The summed E-state index contributed by atoms with van der Waals surface area (Å²) in [6.07, 6.45) is 4.56. The maximum absolute atomic E-state index is 12.3. The van der Waals surface area contributed by atoms with E-state index < -0.39 is 0 Å². The highest BCUT2D eigenvalue weighted by Crippen LogP contribution is 2.21. The maximum atomic E-state index is 12.3. The van der Waals surface area contributed by atoms with Crippen LogP contribution in [0.2, 0.25) is 5.02 Å². The molecule has 1 aliphatic rings. The zero-order valence-corrected chi connectivity index (χ0v) is 13.7. The Morgan fingerprint density at radius 3 is 2.70 bits per heavy atom. The molecule has 1 amide bonds. The molecule has 2 aromatic rings. The fraction of sp³-hybridized carbons (Fsp3) is 0.316. The van der Waals surface area contributed by atoms with Crippen molar-refractivity contribution in [2.24, 2.45) is 0 Å². The summed E-state index contributed by atoms with van der Waals surface area (Å²) in [5, 5.41) is 3.77. The molecule has 0 aliphatic heterocycles. The molecule has 0 saturated heterocycles. The molecule has 0 aromatic heterocycles. The molecule has 1 N–H and O–H groups in total. The van der Waals surface area contributed by atoms with Gasteiger partial charge in [0.05, 0.1) is 0 Å². The van der Waals surface area contributed by atoms with Crippen molar-refractivity contribution in [3.63, 3.8) is 0 Å². The Kier molecular flexibility index (Phi) is 5.19. The van der Waals surface area contributed by atoms with Gasteiger partial charge >= 0.3 is 0 Å². The van der Waals surface area contributed by atoms with Crippen molar-refractivity contribution in [3.8, 4) is 5.75 Å². The average molecular weight is 330 g/mol. The fourth-order valence-corrected chi connectivity index (χ4v) is 3.03. The minimum absolute atomic E-state index is 0.0277. The smallest absolute Gasteiger partial charge is 0.251 e. The van der Waals surface area contributed by atoms with Crippen LogP contribution < -0.4 is 10.1 Å². The van der Waals surface area contributed by atoms with Crippen molar-refractivity contribution in [1.82, 2.24) is 5.32 Å². The summed E-state index contributed by atoms with van der Waals surface area (Å²) in [4.78, 5) is 12.3. The molecular formula is C19H20ClNO2. The highest BCUT2D eigenvalue weighted by atomic mass is 35.5. The second-order valence-corrected chi connectivity index (χ2v) is 6.27. The third-order valence-electron chi connectivity index (χ3n) is 4.14. The summed E-state index contributed by atoms with van der Waals surface area (Å²) < 4.78 is 5.77. The lowest BCUT2D eigenvalue weighted by Gasteiger charge is -2.13. The van der Waals surface area contributed by atoms with E-state index in [0.29, 0.717) is 29.0 Å². The van der Waals surface area contributed by atoms with E-state index >= 15 is 0 Å². The number of benzene rings is 2. The van der Waals surface area contributed by atoms with Crippen molar-refractivity contribution >= 4 is 17.5 Å². The van der Waals surface area contributed by atoms with E-state index in [2.05, 4.69) is 5.32 Å². The van der Waals surface area contributed by atoms with Crippen molar-refractivity contribution in [3.05, 3.63) is 64.7 Å². The van der Waals surface area contributed by atoms with E-state index in [9.17, 15) is 4.79 Å². The number of amides is 1. The van der Waals surface area contributed by atoms with Crippen LogP contribution >= 0.6 is 11.6 Å². The number of nitrogens with one attached hydrogen (secondary N) is 1. The van der Waals surface area contributed by atoms with Crippen LogP contribution in [0.4, 0.5) is 0 Å². The Balaban J connectivity index is 1.62. The molecule has 4 heteroatoms. The number of rotatable bonds is 5. The van der Waals surface area contributed by atoms with Crippen LogP contribution in [0.15, 0.2) is 48.5 Å². The Labute approximate surface area is 141 Å². The topological polar surface area (TPSA) is 38.3 Å². The number of halogens is 1. The Morgan fingerprint density at radius 2 is 1.91 bits per heavy atom. The lowest BCUT2D eigenvalue weighted by atomic mass is 10.1. The van der Waals surface area contributed by atoms with Gasteiger partial charge in [0.25, 0.3) is 5.91 Å². The monoisotopic (exact) mass is 329 g/mol. The molecule has 1 saturated carbocycles. The van der Waals surface area contributed by atoms with E-state index in [1.807, 2.05) is 42.5 Å². The van der Waals surface area contributed by atoms with E-state index in [1.165, 1.54) is 12.8 Å². The van der Waals surface area contributed by atoms with Crippen molar-refractivity contribution in [2.45, 2.75) is 38.3 Å². The molecule has 0 bridgehead atoms. The van der Waals surface area contributed by atoms with Crippen LogP contribution in [0.5, 0.6) is 5.75 Å². The third-order valence-corrected chi connectivity index (χ3v) is 4.51. The summed E-state index contributed by atoms with van der Waals surface area (Å²) in [5.41, 5.74) is 1.56. The first-order valence-corrected chi connectivity index (χ1v) is 8.37. The second-order valence-electron chi connectivity index (χ2n) is 5.86. The lowest BCUT2D eigenvalue weighted by Crippen LogP contribution is -2.32. The molecule has 2 aromatic carbocycles. The van der Waals surface area contributed by atoms with E-state index in [1.54, 1.807) is 6.07 Å². The summed E-state index contributed by atoms with van der Waals surface area (Å²) >= 11 is 6.12. The molecule has 0 atom stereocenters. The van der Waals surface area contributed by atoms with Gasteiger partial charge in [0.15, 0.2) is 0 Å². The molecule has 0 heterocycles. The minimum atomic E-state index is -0.0277. The van der Waals surface area contributed by atoms with E-state index in [0.717, 1.165) is 18.4 Å². The second kappa shape index (κ2) is 7.51. The minimum Gasteiger partial charge on any atom is -0.489 e. The summed E-state index contributed by atoms with van der Waals surface area (Å²) in [6, 6.07) is 15.2. The van der Waals surface area contributed by atoms with Crippen molar-refractivity contribution in [2.75, 3.05) is 0 Å².